The number of aromatic nitrogens is 2. The zero-order chi connectivity index (χ0) is 24.4. The van der Waals surface area contributed by atoms with E-state index < -0.39 is 5.91 Å². The van der Waals surface area contributed by atoms with Crippen molar-refractivity contribution in [2.45, 2.75) is 46.1 Å². The molecule has 1 heterocycles. The van der Waals surface area contributed by atoms with E-state index in [1.165, 1.54) is 18.9 Å². The van der Waals surface area contributed by atoms with Crippen molar-refractivity contribution in [1.82, 2.24) is 9.78 Å². The van der Waals surface area contributed by atoms with E-state index in [0.717, 1.165) is 52.8 Å². The number of hydrogen-bond acceptors (Lipinski definition) is 5. The summed E-state index contributed by atoms with van der Waals surface area (Å²) in [5, 5.41) is 7.81. The van der Waals surface area contributed by atoms with Crippen molar-refractivity contribution in [1.29, 1.82) is 0 Å². The van der Waals surface area contributed by atoms with Gasteiger partial charge in [-0.15, -0.1) is 0 Å². The summed E-state index contributed by atoms with van der Waals surface area (Å²) in [5.41, 5.74) is 5.92. The molecule has 178 valence electrons. The topological polar surface area (TPSA) is 82.4 Å². The van der Waals surface area contributed by atoms with Gasteiger partial charge in [-0.2, -0.15) is 5.10 Å². The van der Waals surface area contributed by atoms with Crippen molar-refractivity contribution in [3.8, 4) is 22.8 Å². The molecule has 1 aliphatic rings. The lowest BCUT2D eigenvalue weighted by Crippen LogP contribution is -2.34. The smallest absolute Gasteiger partial charge is 0.270 e. The maximum Gasteiger partial charge on any atom is 0.270 e. The highest BCUT2D eigenvalue weighted by Crippen LogP contribution is 2.36. The van der Waals surface area contributed by atoms with E-state index >= 15 is 0 Å². The van der Waals surface area contributed by atoms with Crippen LogP contribution >= 0.6 is 11.6 Å². The summed E-state index contributed by atoms with van der Waals surface area (Å²) in [5.74, 6) is 0.426. The summed E-state index contributed by atoms with van der Waals surface area (Å²) in [6, 6.07) is 9.36. The lowest BCUT2D eigenvalue weighted by Gasteiger charge is -2.21. The SMILES string of the molecule is COc1cc(OC)c(NC(=O)Cn2nc(-c3cc(C)ccc3C)c3c(c2=O)CCCC3)cc1Cl. The summed E-state index contributed by atoms with van der Waals surface area (Å²) in [7, 11) is 2.99. The van der Waals surface area contributed by atoms with Crippen LogP contribution in [0.25, 0.3) is 11.3 Å². The van der Waals surface area contributed by atoms with Gasteiger partial charge in [0.2, 0.25) is 5.91 Å². The molecule has 0 saturated heterocycles. The number of carbonyl (C=O) groups excluding carboxylic acids is 1. The minimum absolute atomic E-state index is 0.210. The number of aryl methyl sites for hydroxylation is 2. The lowest BCUT2D eigenvalue weighted by atomic mass is 9.88. The van der Waals surface area contributed by atoms with Crippen molar-refractivity contribution in [3.05, 3.63) is 68.0 Å². The first-order valence-corrected chi connectivity index (χ1v) is 11.6. The Bertz CT molecular complexity index is 1320. The fraction of sp³-hybridized carbons (Fsp3) is 0.346. The highest BCUT2D eigenvalue weighted by molar-refractivity contribution is 6.32. The lowest BCUT2D eigenvalue weighted by molar-refractivity contribution is -0.117. The van der Waals surface area contributed by atoms with Gasteiger partial charge in [-0.05, 0) is 62.8 Å². The highest BCUT2D eigenvalue weighted by Gasteiger charge is 2.23. The minimum atomic E-state index is -0.406. The first kappa shape index (κ1) is 23.8. The number of nitrogens with zero attached hydrogens (tertiary/aromatic N) is 2. The van der Waals surface area contributed by atoms with Gasteiger partial charge in [0, 0.05) is 17.2 Å². The van der Waals surface area contributed by atoms with Crippen LogP contribution in [0, 0.1) is 13.8 Å². The maximum atomic E-state index is 13.3. The molecular formula is C26H28ClN3O4. The first-order chi connectivity index (χ1) is 16.3. The van der Waals surface area contributed by atoms with Crippen LogP contribution in [0.1, 0.15) is 35.1 Å². The second-order valence-electron chi connectivity index (χ2n) is 8.53. The number of hydrogen-bond donors (Lipinski definition) is 1. The van der Waals surface area contributed by atoms with E-state index in [9.17, 15) is 9.59 Å². The first-order valence-electron chi connectivity index (χ1n) is 11.2. The van der Waals surface area contributed by atoms with Gasteiger partial charge in [0.25, 0.3) is 5.56 Å². The molecule has 34 heavy (non-hydrogen) atoms. The fourth-order valence-electron chi connectivity index (χ4n) is 4.38. The Morgan fingerprint density at radius 1 is 1.06 bits per heavy atom. The Kier molecular flexibility index (Phi) is 6.93. The number of benzene rings is 2. The molecule has 0 unspecified atom stereocenters. The van der Waals surface area contributed by atoms with Crippen molar-refractivity contribution >= 4 is 23.2 Å². The third-order valence-corrected chi connectivity index (χ3v) is 6.45. The van der Waals surface area contributed by atoms with Crippen LogP contribution < -0.4 is 20.3 Å². The molecule has 1 aliphatic carbocycles. The molecule has 0 aliphatic heterocycles. The highest BCUT2D eigenvalue weighted by atomic mass is 35.5. The Labute approximate surface area is 203 Å². The fourth-order valence-corrected chi connectivity index (χ4v) is 4.62. The van der Waals surface area contributed by atoms with Crippen LogP contribution in [0.4, 0.5) is 5.69 Å². The molecule has 0 radical (unpaired) electrons. The number of rotatable bonds is 6. The normalized spacial score (nSPS) is 12.7. The molecule has 4 rings (SSSR count). The molecule has 0 saturated carbocycles. The number of anilines is 1. The minimum Gasteiger partial charge on any atom is -0.495 e. The van der Waals surface area contributed by atoms with E-state index in [4.69, 9.17) is 26.2 Å². The van der Waals surface area contributed by atoms with Crippen molar-refractivity contribution in [2.75, 3.05) is 19.5 Å². The largest absolute Gasteiger partial charge is 0.495 e. The van der Waals surface area contributed by atoms with Gasteiger partial charge in [-0.25, -0.2) is 4.68 Å². The van der Waals surface area contributed by atoms with Crippen molar-refractivity contribution < 1.29 is 14.3 Å². The average Bonchev–Trinajstić information content (AvgIpc) is 2.83. The predicted molar refractivity (Wildman–Crippen MR) is 133 cm³/mol. The second-order valence-corrected chi connectivity index (χ2v) is 8.94. The molecule has 2 aromatic carbocycles. The average molecular weight is 482 g/mol. The Morgan fingerprint density at radius 3 is 2.47 bits per heavy atom. The number of nitrogens with one attached hydrogen (secondary N) is 1. The summed E-state index contributed by atoms with van der Waals surface area (Å²) < 4.78 is 11.8. The van der Waals surface area contributed by atoms with Crippen LogP contribution in [-0.2, 0) is 24.2 Å². The van der Waals surface area contributed by atoms with Crippen LogP contribution in [-0.4, -0.2) is 29.9 Å². The molecule has 0 bridgehead atoms. The van der Waals surface area contributed by atoms with E-state index in [1.54, 1.807) is 12.1 Å². The summed E-state index contributed by atoms with van der Waals surface area (Å²) in [6.45, 7) is 3.84. The van der Waals surface area contributed by atoms with Crippen molar-refractivity contribution in [3.63, 3.8) is 0 Å². The zero-order valence-electron chi connectivity index (χ0n) is 19.8. The Balaban J connectivity index is 1.72. The maximum absolute atomic E-state index is 13.3. The number of ether oxygens (including phenoxy) is 2. The van der Waals surface area contributed by atoms with Crippen LogP contribution in [0.15, 0.2) is 35.1 Å². The Morgan fingerprint density at radius 2 is 1.76 bits per heavy atom. The molecule has 3 aromatic rings. The molecule has 1 N–H and O–H groups in total. The van der Waals surface area contributed by atoms with Gasteiger partial charge in [0.15, 0.2) is 0 Å². The number of fused-ring (bicyclic) bond motifs is 1. The molecular weight excluding hydrogens is 454 g/mol. The summed E-state index contributed by atoms with van der Waals surface area (Å²) in [6.07, 6.45) is 3.48. The summed E-state index contributed by atoms with van der Waals surface area (Å²) in [4.78, 5) is 26.2. The van der Waals surface area contributed by atoms with E-state index in [-0.39, 0.29) is 12.1 Å². The molecule has 8 heteroatoms. The number of carbonyl (C=O) groups is 1. The molecule has 1 aromatic heterocycles. The quantitative estimate of drug-likeness (QED) is 0.551. The Hall–Kier alpha value is -3.32. The van der Waals surface area contributed by atoms with E-state index in [2.05, 4.69) is 23.5 Å². The van der Waals surface area contributed by atoms with E-state index in [0.29, 0.717) is 28.6 Å². The van der Waals surface area contributed by atoms with Crippen LogP contribution in [0.2, 0.25) is 5.02 Å². The molecule has 0 atom stereocenters. The van der Waals surface area contributed by atoms with Crippen molar-refractivity contribution in [2.24, 2.45) is 0 Å². The van der Waals surface area contributed by atoms with E-state index in [1.807, 2.05) is 13.8 Å². The van der Waals surface area contributed by atoms with Gasteiger partial charge in [0.05, 0.1) is 30.6 Å². The van der Waals surface area contributed by atoms with Gasteiger partial charge in [-0.1, -0.05) is 29.3 Å². The molecule has 0 fully saturated rings. The van der Waals surface area contributed by atoms with Gasteiger partial charge >= 0.3 is 0 Å². The monoisotopic (exact) mass is 481 g/mol. The molecule has 0 spiro atoms. The van der Waals surface area contributed by atoms with Gasteiger partial charge in [0.1, 0.15) is 18.0 Å². The number of halogens is 1. The van der Waals surface area contributed by atoms with Gasteiger partial charge in [-0.3, -0.25) is 9.59 Å². The molecule has 1 amide bonds. The zero-order valence-corrected chi connectivity index (χ0v) is 20.6. The van der Waals surface area contributed by atoms with Gasteiger partial charge < -0.3 is 14.8 Å². The second kappa shape index (κ2) is 9.89. The van der Waals surface area contributed by atoms with Crippen LogP contribution in [0.3, 0.4) is 0 Å². The number of amides is 1. The summed E-state index contributed by atoms with van der Waals surface area (Å²) >= 11 is 6.22. The predicted octanol–water partition coefficient (Wildman–Crippen LogP) is 4.72. The third kappa shape index (κ3) is 4.66. The van der Waals surface area contributed by atoms with Crippen LogP contribution in [0.5, 0.6) is 11.5 Å². The third-order valence-electron chi connectivity index (χ3n) is 6.16. The molecule has 7 nitrogen and oxygen atoms in total. The standard InChI is InChI=1S/C26H28ClN3O4/c1-15-9-10-16(2)19(11-15)25-17-7-5-6-8-18(17)26(32)30(29-25)14-24(31)28-21-12-20(27)22(33-3)13-23(21)34-4/h9-13H,5-8,14H2,1-4H3,(H,28,31). The number of methoxy groups -OCH3 is 2.